The molecule has 0 saturated heterocycles. The van der Waals surface area contributed by atoms with Crippen LogP contribution >= 0.6 is 0 Å². The number of hydrogen-bond donors (Lipinski definition) is 0. The summed E-state index contributed by atoms with van der Waals surface area (Å²) in [5.74, 6) is -0.769. The van der Waals surface area contributed by atoms with E-state index in [1.807, 2.05) is 48.5 Å². The zero-order valence-corrected chi connectivity index (χ0v) is 17.4. The highest BCUT2D eigenvalue weighted by Gasteiger charge is 2.33. The van der Waals surface area contributed by atoms with Crippen LogP contribution in [0.5, 0.6) is 0 Å². The first-order chi connectivity index (χ1) is 15.5. The Bertz CT molecular complexity index is 1060. The Kier molecular flexibility index (Phi) is 5.05. The molecule has 0 atom stereocenters. The molecule has 32 heavy (non-hydrogen) atoms. The second-order valence-electron chi connectivity index (χ2n) is 8.36. The van der Waals surface area contributed by atoms with Crippen molar-refractivity contribution >= 4 is 35.0 Å². The van der Waals surface area contributed by atoms with Gasteiger partial charge in [0.15, 0.2) is 0 Å². The third kappa shape index (κ3) is 3.38. The van der Waals surface area contributed by atoms with Crippen molar-refractivity contribution < 1.29 is 19.2 Å². The van der Waals surface area contributed by atoms with Crippen molar-refractivity contribution in [3.8, 4) is 0 Å². The second-order valence-corrected chi connectivity index (χ2v) is 8.36. The number of carbonyl (C=O) groups is 4. The van der Waals surface area contributed by atoms with E-state index in [9.17, 15) is 19.2 Å². The summed E-state index contributed by atoms with van der Waals surface area (Å²) in [5.41, 5.74) is 3.35. The Hall–Kier alpha value is -3.80. The van der Waals surface area contributed by atoms with Gasteiger partial charge in [0.2, 0.25) is 0 Å². The first-order valence-corrected chi connectivity index (χ1v) is 10.8. The van der Waals surface area contributed by atoms with Crippen LogP contribution in [-0.2, 0) is 19.2 Å². The van der Waals surface area contributed by atoms with Gasteiger partial charge in [-0.15, -0.1) is 0 Å². The number of hydrogen-bond acceptors (Lipinski definition) is 4. The van der Waals surface area contributed by atoms with Crippen molar-refractivity contribution in [3.63, 3.8) is 0 Å². The molecule has 6 nitrogen and oxygen atoms in total. The summed E-state index contributed by atoms with van der Waals surface area (Å²) in [6.45, 7) is 0. The van der Waals surface area contributed by atoms with E-state index in [1.165, 1.54) is 34.1 Å². The van der Waals surface area contributed by atoms with Crippen LogP contribution in [-0.4, -0.2) is 23.6 Å². The summed E-state index contributed by atoms with van der Waals surface area (Å²) in [5, 5.41) is 0. The number of benzene rings is 2. The van der Waals surface area contributed by atoms with E-state index in [4.69, 9.17) is 0 Å². The number of rotatable bonds is 4. The van der Waals surface area contributed by atoms with Gasteiger partial charge in [0.05, 0.1) is 11.4 Å². The molecule has 3 aliphatic rings. The number of nitrogens with zero attached hydrogens (tertiary/aromatic N) is 2. The van der Waals surface area contributed by atoms with Gasteiger partial charge in [0.25, 0.3) is 23.6 Å². The Morgan fingerprint density at radius 3 is 1.16 bits per heavy atom. The smallest absolute Gasteiger partial charge is 0.258 e. The zero-order valence-electron chi connectivity index (χ0n) is 17.4. The molecule has 1 fully saturated rings. The molecule has 1 saturated carbocycles. The predicted molar refractivity (Wildman–Crippen MR) is 120 cm³/mol. The van der Waals surface area contributed by atoms with Gasteiger partial charge in [-0.3, -0.25) is 19.2 Å². The zero-order chi connectivity index (χ0) is 22.2. The summed E-state index contributed by atoms with van der Waals surface area (Å²) in [6.07, 6.45) is 8.79. The monoisotopic (exact) mass is 426 g/mol. The lowest BCUT2D eigenvalue weighted by molar-refractivity contribution is -0.121. The molecule has 0 bridgehead atoms. The van der Waals surface area contributed by atoms with Crippen LogP contribution in [0, 0.1) is 0 Å². The lowest BCUT2D eigenvalue weighted by Gasteiger charge is -2.32. The van der Waals surface area contributed by atoms with Crippen molar-refractivity contribution in [2.24, 2.45) is 0 Å². The van der Waals surface area contributed by atoms with Crippen LogP contribution in [0.2, 0.25) is 0 Å². The molecule has 160 valence electrons. The van der Waals surface area contributed by atoms with Crippen molar-refractivity contribution in [2.45, 2.75) is 37.5 Å². The third-order valence-corrected chi connectivity index (χ3v) is 6.58. The topological polar surface area (TPSA) is 74.8 Å². The molecule has 0 aromatic heterocycles. The summed E-state index contributed by atoms with van der Waals surface area (Å²) < 4.78 is 0. The van der Waals surface area contributed by atoms with Gasteiger partial charge < -0.3 is 0 Å². The number of carbonyl (C=O) groups excluding carboxylic acids is 4. The van der Waals surface area contributed by atoms with Crippen LogP contribution in [0.15, 0.2) is 72.8 Å². The highest BCUT2D eigenvalue weighted by molar-refractivity contribution is 6.29. The van der Waals surface area contributed by atoms with E-state index >= 15 is 0 Å². The van der Waals surface area contributed by atoms with Crippen molar-refractivity contribution in [3.05, 3.63) is 84.0 Å². The predicted octanol–water partition coefficient (Wildman–Crippen LogP) is 3.99. The first-order valence-electron chi connectivity index (χ1n) is 10.8. The summed E-state index contributed by atoms with van der Waals surface area (Å²) >= 11 is 0. The van der Waals surface area contributed by atoms with E-state index in [1.54, 1.807) is 0 Å². The van der Waals surface area contributed by atoms with E-state index in [2.05, 4.69) is 0 Å². The van der Waals surface area contributed by atoms with Crippen LogP contribution in [0.3, 0.4) is 0 Å². The maximum Gasteiger partial charge on any atom is 0.258 e. The molecule has 4 amide bonds. The maximum absolute atomic E-state index is 12.2. The van der Waals surface area contributed by atoms with E-state index < -0.39 is 0 Å². The molecular weight excluding hydrogens is 404 g/mol. The van der Waals surface area contributed by atoms with Gasteiger partial charge in [-0.25, -0.2) is 9.80 Å². The minimum Gasteiger partial charge on any atom is -0.269 e. The molecule has 2 heterocycles. The number of para-hydroxylation sites is 2. The molecule has 0 spiro atoms. The van der Waals surface area contributed by atoms with Crippen LogP contribution in [0.25, 0.3) is 0 Å². The van der Waals surface area contributed by atoms with E-state index in [0.717, 1.165) is 36.8 Å². The van der Waals surface area contributed by atoms with E-state index in [-0.39, 0.29) is 35.5 Å². The molecule has 6 heteroatoms. The molecular formula is C26H22N2O4. The molecule has 2 aromatic rings. The number of anilines is 2. The largest absolute Gasteiger partial charge is 0.269 e. The Morgan fingerprint density at radius 2 is 0.812 bits per heavy atom. The average Bonchev–Trinajstić information content (AvgIpc) is 3.33. The van der Waals surface area contributed by atoms with Gasteiger partial charge in [-0.1, -0.05) is 36.4 Å². The molecule has 0 radical (unpaired) electrons. The molecule has 1 aliphatic carbocycles. The Labute approximate surface area is 185 Å². The van der Waals surface area contributed by atoms with Gasteiger partial charge in [0.1, 0.15) is 0 Å². The molecule has 2 aromatic carbocycles. The van der Waals surface area contributed by atoms with Crippen molar-refractivity contribution in [1.29, 1.82) is 0 Å². The molecule has 0 N–H and O–H groups in total. The lowest BCUT2D eigenvalue weighted by atomic mass is 9.75. The molecule has 2 aliphatic heterocycles. The lowest BCUT2D eigenvalue weighted by Crippen LogP contribution is -2.31. The average molecular weight is 426 g/mol. The quantitative estimate of drug-likeness (QED) is 0.693. The summed E-state index contributed by atoms with van der Waals surface area (Å²) in [6, 6.07) is 15.2. The standard InChI is InChI=1S/C26H22N2O4/c29-23-13-14-24(30)27(23)21-7-3-1-5-19(21)17-9-11-18(12-10-17)20-6-2-4-8-22(20)28-25(31)15-16-26(28)32/h1-8,13-18H,9-12H2. The Morgan fingerprint density at radius 1 is 0.500 bits per heavy atom. The maximum atomic E-state index is 12.2. The fourth-order valence-corrected chi connectivity index (χ4v) is 5.06. The number of amides is 4. The van der Waals surface area contributed by atoms with Crippen LogP contribution < -0.4 is 9.80 Å². The van der Waals surface area contributed by atoms with Crippen LogP contribution in [0.1, 0.15) is 48.6 Å². The fraction of sp³-hybridized carbons (Fsp3) is 0.231. The molecule has 5 rings (SSSR count). The summed E-state index contributed by atoms with van der Waals surface area (Å²) in [7, 11) is 0. The van der Waals surface area contributed by atoms with Gasteiger partial charge in [-0.05, 0) is 60.8 Å². The Balaban J connectivity index is 1.37. The fourth-order valence-electron chi connectivity index (χ4n) is 5.06. The van der Waals surface area contributed by atoms with Crippen LogP contribution in [0.4, 0.5) is 11.4 Å². The summed E-state index contributed by atoms with van der Waals surface area (Å²) in [4.78, 5) is 51.4. The molecule has 0 unspecified atom stereocenters. The van der Waals surface area contributed by atoms with Gasteiger partial charge in [0, 0.05) is 24.3 Å². The minimum absolute atomic E-state index is 0.229. The highest BCUT2D eigenvalue weighted by atomic mass is 16.2. The van der Waals surface area contributed by atoms with Crippen molar-refractivity contribution in [1.82, 2.24) is 0 Å². The second kappa shape index (κ2) is 8.04. The van der Waals surface area contributed by atoms with Crippen molar-refractivity contribution in [2.75, 3.05) is 9.80 Å². The van der Waals surface area contributed by atoms with E-state index in [0.29, 0.717) is 11.4 Å². The SMILES string of the molecule is O=C1C=CC(=O)N1c1ccccc1C1CCC(c2ccccc2N2C(=O)C=CC2=O)CC1. The first kappa shape index (κ1) is 20.1. The highest BCUT2D eigenvalue weighted by Crippen LogP contribution is 2.45. The van der Waals surface area contributed by atoms with Gasteiger partial charge >= 0.3 is 0 Å². The third-order valence-electron chi connectivity index (χ3n) is 6.58. The normalized spacial score (nSPS) is 23.0. The van der Waals surface area contributed by atoms with Gasteiger partial charge in [-0.2, -0.15) is 0 Å². The number of imide groups is 2. The minimum atomic E-state index is -0.307.